The third-order valence-corrected chi connectivity index (χ3v) is 2.95. The van der Waals surface area contributed by atoms with Crippen LogP contribution in [0.5, 0.6) is 0 Å². The maximum absolute atomic E-state index is 5.66. The Morgan fingerprint density at radius 2 is 2.05 bits per heavy atom. The number of imidazole rings is 1. The molecule has 96 valence electrons. The van der Waals surface area contributed by atoms with Crippen LogP contribution in [-0.2, 0) is 13.5 Å². The van der Waals surface area contributed by atoms with E-state index in [1.807, 2.05) is 42.1 Å². The highest BCUT2D eigenvalue weighted by molar-refractivity contribution is 5.58. The number of hydrogen-bond acceptors (Lipinski definition) is 4. The number of aromatic amines is 1. The van der Waals surface area contributed by atoms with E-state index in [0.717, 1.165) is 22.9 Å². The van der Waals surface area contributed by atoms with Crippen LogP contribution in [0.25, 0.3) is 11.4 Å². The average molecular weight is 254 g/mol. The number of nitrogens with one attached hydrogen (secondary N) is 1. The number of nitrogens with two attached hydrogens (primary N) is 1. The topological polar surface area (TPSA) is 85.4 Å². The molecule has 0 radical (unpaired) electrons. The van der Waals surface area contributed by atoms with Gasteiger partial charge >= 0.3 is 0 Å². The van der Waals surface area contributed by atoms with E-state index < -0.39 is 0 Å². The minimum atomic E-state index is 0.630. The predicted molar refractivity (Wildman–Crippen MR) is 72.2 cm³/mol. The number of hydrogen-bond donors (Lipinski definition) is 2. The molecule has 0 atom stereocenters. The van der Waals surface area contributed by atoms with Crippen LogP contribution in [0.4, 0.5) is 5.69 Å². The summed E-state index contributed by atoms with van der Waals surface area (Å²) in [7, 11) is 1.96. The SMILES string of the molecule is Cn1ccnc1Cc1nc(-c2ccc(N)cc2)n[nH]1. The lowest BCUT2D eigenvalue weighted by atomic mass is 10.2. The minimum Gasteiger partial charge on any atom is -0.399 e. The summed E-state index contributed by atoms with van der Waals surface area (Å²) in [5.41, 5.74) is 7.33. The molecule has 0 spiro atoms. The van der Waals surface area contributed by atoms with Crippen molar-refractivity contribution in [2.45, 2.75) is 6.42 Å². The number of nitrogen functional groups attached to an aromatic ring is 1. The van der Waals surface area contributed by atoms with E-state index in [1.54, 1.807) is 6.20 Å². The largest absolute Gasteiger partial charge is 0.399 e. The van der Waals surface area contributed by atoms with Crippen LogP contribution < -0.4 is 5.73 Å². The monoisotopic (exact) mass is 254 g/mol. The number of rotatable bonds is 3. The molecule has 2 heterocycles. The van der Waals surface area contributed by atoms with Gasteiger partial charge in [-0.2, -0.15) is 5.10 Å². The van der Waals surface area contributed by atoms with E-state index >= 15 is 0 Å². The molecule has 0 saturated heterocycles. The maximum Gasteiger partial charge on any atom is 0.181 e. The first kappa shape index (κ1) is 11.5. The molecular weight excluding hydrogens is 240 g/mol. The van der Waals surface area contributed by atoms with Gasteiger partial charge in [0.25, 0.3) is 0 Å². The standard InChI is InChI=1S/C13H14N6/c1-19-7-6-15-12(19)8-11-16-13(18-17-11)9-2-4-10(14)5-3-9/h2-7H,8,14H2,1H3,(H,16,17,18). The Morgan fingerprint density at radius 3 is 2.74 bits per heavy atom. The van der Waals surface area contributed by atoms with E-state index in [9.17, 15) is 0 Å². The average Bonchev–Trinajstić information content (AvgIpc) is 3.01. The summed E-state index contributed by atoms with van der Waals surface area (Å²) in [6.07, 6.45) is 4.31. The molecule has 0 aliphatic carbocycles. The lowest BCUT2D eigenvalue weighted by molar-refractivity contribution is 0.797. The number of benzene rings is 1. The zero-order valence-corrected chi connectivity index (χ0v) is 10.5. The lowest BCUT2D eigenvalue weighted by Gasteiger charge is -1.97. The van der Waals surface area contributed by atoms with Gasteiger partial charge in [0.05, 0.1) is 6.42 Å². The first-order valence-electron chi connectivity index (χ1n) is 5.96. The van der Waals surface area contributed by atoms with Gasteiger partial charge in [-0.1, -0.05) is 0 Å². The van der Waals surface area contributed by atoms with Gasteiger partial charge in [0, 0.05) is 30.7 Å². The third-order valence-electron chi connectivity index (χ3n) is 2.95. The highest BCUT2D eigenvalue weighted by atomic mass is 15.2. The summed E-state index contributed by atoms with van der Waals surface area (Å²) in [4.78, 5) is 8.73. The second-order valence-corrected chi connectivity index (χ2v) is 4.36. The first-order chi connectivity index (χ1) is 9.22. The van der Waals surface area contributed by atoms with E-state index in [1.165, 1.54) is 0 Å². The van der Waals surface area contributed by atoms with Crippen LogP contribution >= 0.6 is 0 Å². The number of nitrogens with zero attached hydrogens (tertiary/aromatic N) is 4. The molecule has 0 bridgehead atoms. The second-order valence-electron chi connectivity index (χ2n) is 4.36. The van der Waals surface area contributed by atoms with Crippen molar-refractivity contribution < 1.29 is 0 Å². The van der Waals surface area contributed by atoms with Gasteiger partial charge < -0.3 is 10.3 Å². The van der Waals surface area contributed by atoms with Crippen molar-refractivity contribution in [1.82, 2.24) is 24.7 Å². The van der Waals surface area contributed by atoms with Crippen molar-refractivity contribution in [1.29, 1.82) is 0 Å². The second kappa shape index (κ2) is 4.56. The van der Waals surface area contributed by atoms with Gasteiger partial charge in [-0.05, 0) is 24.3 Å². The van der Waals surface area contributed by atoms with Crippen LogP contribution in [0, 0.1) is 0 Å². The third kappa shape index (κ3) is 2.33. The van der Waals surface area contributed by atoms with Crippen molar-refractivity contribution in [3.05, 3.63) is 48.3 Å². The Balaban J connectivity index is 1.83. The molecule has 3 aromatic rings. The fourth-order valence-electron chi connectivity index (χ4n) is 1.85. The molecule has 3 N–H and O–H groups in total. The Bertz CT molecular complexity index is 679. The van der Waals surface area contributed by atoms with Crippen LogP contribution in [0.1, 0.15) is 11.6 Å². The lowest BCUT2D eigenvalue weighted by Crippen LogP contribution is -1.99. The van der Waals surface area contributed by atoms with Gasteiger partial charge in [0.2, 0.25) is 0 Å². The molecule has 1 aromatic carbocycles. The summed E-state index contributed by atoms with van der Waals surface area (Å²) in [6.45, 7) is 0. The quantitative estimate of drug-likeness (QED) is 0.691. The fraction of sp³-hybridized carbons (Fsp3) is 0.154. The van der Waals surface area contributed by atoms with Gasteiger partial charge in [0.1, 0.15) is 11.6 Å². The highest BCUT2D eigenvalue weighted by Gasteiger charge is 2.08. The van der Waals surface area contributed by atoms with Gasteiger partial charge in [-0.15, -0.1) is 0 Å². The van der Waals surface area contributed by atoms with Crippen molar-refractivity contribution in [2.75, 3.05) is 5.73 Å². The predicted octanol–water partition coefficient (Wildman–Crippen LogP) is 1.38. The smallest absolute Gasteiger partial charge is 0.181 e. The van der Waals surface area contributed by atoms with Crippen LogP contribution in [0.15, 0.2) is 36.7 Å². The minimum absolute atomic E-state index is 0.630. The summed E-state index contributed by atoms with van der Waals surface area (Å²) in [5, 5.41) is 7.15. The zero-order valence-electron chi connectivity index (χ0n) is 10.5. The van der Waals surface area contributed by atoms with Crippen molar-refractivity contribution >= 4 is 5.69 Å². The normalized spacial score (nSPS) is 10.8. The highest BCUT2D eigenvalue weighted by Crippen LogP contribution is 2.16. The van der Waals surface area contributed by atoms with E-state index in [2.05, 4.69) is 20.2 Å². The molecule has 3 rings (SSSR count). The van der Waals surface area contributed by atoms with E-state index in [4.69, 9.17) is 5.73 Å². The summed E-state index contributed by atoms with van der Waals surface area (Å²) >= 11 is 0. The van der Waals surface area contributed by atoms with Crippen LogP contribution in [-0.4, -0.2) is 24.7 Å². The van der Waals surface area contributed by atoms with Crippen LogP contribution in [0.3, 0.4) is 0 Å². The van der Waals surface area contributed by atoms with E-state index in [-0.39, 0.29) is 0 Å². The Kier molecular flexibility index (Phi) is 2.75. The molecule has 0 aliphatic rings. The van der Waals surface area contributed by atoms with Gasteiger partial charge in [-0.3, -0.25) is 5.10 Å². The molecule has 2 aromatic heterocycles. The molecule has 6 nitrogen and oxygen atoms in total. The summed E-state index contributed by atoms with van der Waals surface area (Å²) in [6, 6.07) is 7.49. The zero-order chi connectivity index (χ0) is 13.2. The number of aromatic nitrogens is 5. The molecule has 0 saturated carbocycles. The van der Waals surface area contributed by atoms with Gasteiger partial charge in [0.15, 0.2) is 5.82 Å². The number of aryl methyl sites for hydroxylation is 1. The summed E-state index contributed by atoms with van der Waals surface area (Å²) in [5.74, 6) is 2.41. The Hall–Kier alpha value is -2.63. The molecule has 0 aliphatic heterocycles. The van der Waals surface area contributed by atoms with Crippen molar-refractivity contribution in [3.8, 4) is 11.4 Å². The van der Waals surface area contributed by atoms with Crippen molar-refractivity contribution in [2.24, 2.45) is 7.05 Å². The molecule has 19 heavy (non-hydrogen) atoms. The number of H-pyrrole nitrogens is 1. The Labute approximate surface area is 110 Å². The first-order valence-corrected chi connectivity index (χ1v) is 5.96. The van der Waals surface area contributed by atoms with Crippen molar-refractivity contribution in [3.63, 3.8) is 0 Å². The number of anilines is 1. The molecule has 0 amide bonds. The molecule has 0 unspecified atom stereocenters. The van der Waals surface area contributed by atoms with Gasteiger partial charge in [-0.25, -0.2) is 9.97 Å². The summed E-state index contributed by atoms with van der Waals surface area (Å²) < 4.78 is 1.96. The fourth-order valence-corrected chi connectivity index (χ4v) is 1.85. The molecule has 0 fully saturated rings. The molecular formula is C13H14N6. The molecule has 6 heteroatoms. The van der Waals surface area contributed by atoms with Crippen LogP contribution in [0.2, 0.25) is 0 Å². The maximum atomic E-state index is 5.66. The Morgan fingerprint density at radius 1 is 1.26 bits per heavy atom. The van der Waals surface area contributed by atoms with E-state index in [0.29, 0.717) is 12.2 Å².